The van der Waals surface area contributed by atoms with Crippen LogP contribution in [0.2, 0.25) is 0 Å². The summed E-state index contributed by atoms with van der Waals surface area (Å²) in [6.07, 6.45) is 1.01. The van der Waals surface area contributed by atoms with Gasteiger partial charge in [0, 0.05) is 24.8 Å². The van der Waals surface area contributed by atoms with Crippen molar-refractivity contribution in [2.75, 3.05) is 32.5 Å². The highest BCUT2D eigenvalue weighted by molar-refractivity contribution is 5.49. The molecule has 1 rings (SSSR count). The molecule has 3 nitrogen and oxygen atoms in total. The van der Waals surface area contributed by atoms with E-state index in [0.29, 0.717) is 0 Å². The normalized spacial score (nSPS) is 11.8. The smallest absolute Gasteiger partial charge is 0.0525 e. The Morgan fingerprint density at radius 3 is 2.72 bits per heavy atom. The predicted molar refractivity (Wildman–Crippen MR) is 77.8 cm³/mol. The van der Waals surface area contributed by atoms with Crippen LogP contribution in [-0.2, 0) is 11.2 Å². The molecule has 0 fully saturated rings. The SMILES string of the molecule is COCC(C)(C)CNCCc1cccc(N)c1C. The van der Waals surface area contributed by atoms with E-state index in [1.54, 1.807) is 7.11 Å². The first-order valence-electron chi connectivity index (χ1n) is 6.50. The van der Waals surface area contributed by atoms with Crippen molar-refractivity contribution in [1.82, 2.24) is 5.32 Å². The zero-order valence-corrected chi connectivity index (χ0v) is 12.0. The molecule has 102 valence electrons. The third-order valence-electron chi connectivity index (χ3n) is 3.20. The van der Waals surface area contributed by atoms with Gasteiger partial charge in [-0.05, 0) is 37.1 Å². The fourth-order valence-corrected chi connectivity index (χ4v) is 2.07. The molecule has 3 heteroatoms. The number of hydrogen-bond donors (Lipinski definition) is 2. The van der Waals surface area contributed by atoms with Gasteiger partial charge in [-0.1, -0.05) is 26.0 Å². The molecule has 0 aliphatic rings. The number of benzene rings is 1. The number of nitrogens with two attached hydrogens (primary N) is 1. The molecule has 0 aromatic heterocycles. The molecule has 0 aliphatic heterocycles. The quantitative estimate of drug-likeness (QED) is 0.577. The molecule has 0 spiro atoms. The van der Waals surface area contributed by atoms with Crippen molar-refractivity contribution in [3.63, 3.8) is 0 Å². The molecule has 1 aromatic rings. The maximum Gasteiger partial charge on any atom is 0.0525 e. The predicted octanol–water partition coefficient (Wildman–Crippen LogP) is 2.38. The van der Waals surface area contributed by atoms with Crippen LogP contribution in [0.5, 0.6) is 0 Å². The van der Waals surface area contributed by atoms with Gasteiger partial charge in [0.2, 0.25) is 0 Å². The molecule has 18 heavy (non-hydrogen) atoms. The van der Waals surface area contributed by atoms with E-state index in [1.165, 1.54) is 11.1 Å². The molecule has 0 saturated carbocycles. The number of rotatable bonds is 7. The van der Waals surface area contributed by atoms with E-state index in [2.05, 4.69) is 32.2 Å². The molecule has 0 saturated heterocycles. The Labute approximate surface area is 111 Å². The van der Waals surface area contributed by atoms with E-state index in [-0.39, 0.29) is 5.41 Å². The standard InChI is InChI=1S/C15H26N2O/c1-12-13(6-5-7-14(12)16)8-9-17-10-15(2,3)11-18-4/h5-7,17H,8-11,16H2,1-4H3. The summed E-state index contributed by atoms with van der Waals surface area (Å²) >= 11 is 0. The number of nitrogens with one attached hydrogen (secondary N) is 1. The summed E-state index contributed by atoms with van der Waals surface area (Å²) in [5.41, 5.74) is 9.49. The van der Waals surface area contributed by atoms with E-state index >= 15 is 0 Å². The minimum Gasteiger partial charge on any atom is -0.399 e. The lowest BCUT2D eigenvalue weighted by atomic mass is 9.95. The number of ether oxygens (including phenoxy) is 1. The van der Waals surface area contributed by atoms with Gasteiger partial charge in [-0.2, -0.15) is 0 Å². The van der Waals surface area contributed by atoms with Gasteiger partial charge in [0.15, 0.2) is 0 Å². The van der Waals surface area contributed by atoms with Crippen molar-refractivity contribution in [3.05, 3.63) is 29.3 Å². The number of nitrogen functional groups attached to an aromatic ring is 1. The molecule has 0 radical (unpaired) electrons. The molecular formula is C15H26N2O. The van der Waals surface area contributed by atoms with E-state index in [4.69, 9.17) is 10.5 Å². The second-order valence-electron chi connectivity index (χ2n) is 5.66. The van der Waals surface area contributed by atoms with Crippen molar-refractivity contribution < 1.29 is 4.74 Å². The van der Waals surface area contributed by atoms with Crippen LogP contribution in [0, 0.1) is 12.3 Å². The van der Waals surface area contributed by atoms with Crippen molar-refractivity contribution in [1.29, 1.82) is 0 Å². The van der Waals surface area contributed by atoms with Crippen LogP contribution in [-0.4, -0.2) is 26.8 Å². The highest BCUT2D eigenvalue weighted by Crippen LogP contribution is 2.16. The van der Waals surface area contributed by atoms with Crippen molar-refractivity contribution >= 4 is 5.69 Å². The van der Waals surface area contributed by atoms with Crippen LogP contribution in [0.1, 0.15) is 25.0 Å². The fourth-order valence-electron chi connectivity index (χ4n) is 2.07. The largest absolute Gasteiger partial charge is 0.399 e. The van der Waals surface area contributed by atoms with Gasteiger partial charge in [0.05, 0.1) is 6.61 Å². The lowest BCUT2D eigenvalue weighted by molar-refractivity contribution is 0.104. The van der Waals surface area contributed by atoms with E-state index in [0.717, 1.165) is 31.8 Å². The molecule has 0 amide bonds. The van der Waals surface area contributed by atoms with Crippen LogP contribution in [0.15, 0.2) is 18.2 Å². The van der Waals surface area contributed by atoms with Crippen LogP contribution in [0.25, 0.3) is 0 Å². The number of anilines is 1. The van der Waals surface area contributed by atoms with E-state index < -0.39 is 0 Å². The van der Waals surface area contributed by atoms with Gasteiger partial charge in [0.1, 0.15) is 0 Å². The van der Waals surface area contributed by atoms with E-state index in [9.17, 15) is 0 Å². The van der Waals surface area contributed by atoms with E-state index in [1.807, 2.05) is 12.1 Å². The lowest BCUT2D eigenvalue weighted by Crippen LogP contribution is -2.34. The summed E-state index contributed by atoms with van der Waals surface area (Å²) in [4.78, 5) is 0. The Hall–Kier alpha value is -1.06. The van der Waals surface area contributed by atoms with Gasteiger partial charge in [0.25, 0.3) is 0 Å². The second-order valence-corrected chi connectivity index (χ2v) is 5.66. The Balaban J connectivity index is 2.36. The maximum atomic E-state index is 5.90. The first-order valence-corrected chi connectivity index (χ1v) is 6.50. The third kappa shape index (κ3) is 4.67. The van der Waals surface area contributed by atoms with Crippen LogP contribution in [0.4, 0.5) is 5.69 Å². The Morgan fingerprint density at radius 1 is 1.33 bits per heavy atom. The van der Waals surface area contributed by atoms with Crippen molar-refractivity contribution in [2.45, 2.75) is 27.2 Å². The monoisotopic (exact) mass is 250 g/mol. The number of methoxy groups -OCH3 is 1. The summed E-state index contributed by atoms with van der Waals surface area (Å²) in [5.74, 6) is 0. The summed E-state index contributed by atoms with van der Waals surface area (Å²) < 4.78 is 5.20. The molecule has 0 bridgehead atoms. The Morgan fingerprint density at radius 2 is 2.06 bits per heavy atom. The maximum absolute atomic E-state index is 5.90. The topological polar surface area (TPSA) is 47.3 Å². The van der Waals surface area contributed by atoms with Gasteiger partial charge in [-0.25, -0.2) is 0 Å². The van der Waals surface area contributed by atoms with Gasteiger partial charge in [-0.15, -0.1) is 0 Å². The molecule has 0 heterocycles. The summed E-state index contributed by atoms with van der Waals surface area (Å²) in [6, 6.07) is 6.12. The van der Waals surface area contributed by atoms with Crippen LogP contribution < -0.4 is 11.1 Å². The number of hydrogen-bond acceptors (Lipinski definition) is 3. The molecule has 0 aliphatic carbocycles. The Bertz CT molecular complexity index is 375. The zero-order chi connectivity index (χ0) is 13.6. The molecule has 1 aromatic carbocycles. The average Bonchev–Trinajstić information content (AvgIpc) is 2.29. The summed E-state index contributed by atoms with van der Waals surface area (Å²) in [5, 5.41) is 3.48. The molecule has 0 atom stereocenters. The zero-order valence-electron chi connectivity index (χ0n) is 12.0. The lowest BCUT2D eigenvalue weighted by Gasteiger charge is -2.24. The summed E-state index contributed by atoms with van der Waals surface area (Å²) in [6.45, 7) is 9.20. The highest BCUT2D eigenvalue weighted by atomic mass is 16.5. The van der Waals surface area contributed by atoms with Crippen molar-refractivity contribution in [2.24, 2.45) is 5.41 Å². The fraction of sp³-hybridized carbons (Fsp3) is 0.600. The van der Waals surface area contributed by atoms with Crippen LogP contribution >= 0.6 is 0 Å². The van der Waals surface area contributed by atoms with Gasteiger partial charge < -0.3 is 15.8 Å². The second kappa shape index (κ2) is 6.76. The van der Waals surface area contributed by atoms with Gasteiger partial charge in [-0.3, -0.25) is 0 Å². The third-order valence-corrected chi connectivity index (χ3v) is 3.20. The average molecular weight is 250 g/mol. The minimum absolute atomic E-state index is 0.180. The van der Waals surface area contributed by atoms with Crippen molar-refractivity contribution in [3.8, 4) is 0 Å². The summed E-state index contributed by atoms with van der Waals surface area (Å²) in [7, 11) is 1.75. The molecule has 3 N–H and O–H groups in total. The highest BCUT2D eigenvalue weighted by Gasteiger charge is 2.16. The minimum atomic E-state index is 0.180. The van der Waals surface area contributed by atoms with Gasteiger partial charge >= 0.3 is 0 Å². The molecular weight excluding hydrogens is 224 g/mol. The first-order chi connectivity index (χ1) is 8.46. The molecule has 0 unspecified atom stereocenters. The van der Waals surface area contributed by atoms with Crippen LogP contribution in [0.3, 0.4) is 0 Å². The Kier molecular flexibility index (Phi) is 5.63. The first kappa shape index (κ1) is 15.0.